The average Bonchev–Trinajstić information content (AvgIpc) is 2.38. The van der Waals surface area contributed by atoms with E-state index in [4.69, 9.17) is 17.5 Å². The molecule has 0 bridgehead atoms. The molecule has 0 spiro atoms. The lowest BCUT2D eigenvalue weighted by Gasteiger charge is -2.07. The Bertz CT molecular complexity index is 581. The van der Waals surface area contributed by atoms with Crippen LogP contribution >= 0.6 is 0 Å². The molecule has 0 unspecified atom stereocenters. The summed E-state index contributed by atoms with van der Waals surface area (Å²) in [5.74, 6) is -0.959. The summed E-state index contributed by atoms with van der Waals surface area (Å²) in [6.07, 6.45) is 0. The van der Waals surface area contributed by atoms with Crippen LogP contribution in [-0.4, -0.2) is 11.1 Å². The summed E-state index contributed by atoms with van der Waals surface area (Å²) in [6.45, 7) is 0. The molecule has 17 heavy (non-hydrogen) atoms. The molecule has 0 saturated carbocycles. The number of aromatic carboxylic acids is 1. The highest BCUT2D eigenvalue weighted by Crippen LogP contribution is 2.32. The fourth-order valence-electron chi connectivity index (χ4n) is 1.69. The van der Waals surface area contributed by atoms with Crippen molar-refractivity contribution >= 4 is 24.1 Å². The first-order valence-corrected chi connectivity index (χ1v) is 5.35. The maximum atomic E-state index is 11.1. The van der Waals surface area contributed by atoms with Gasteiger partial charge < -0.3 is 5.11 Å². The van der Waals surface area contributed by atoms with E-state index in [2.05, 4.69) is 4.36 Å². The molecular formula is C13H9NO2S. The van der Waals surface area contributed by atoms with E-state index in [1.165, 1.54) is 0 Å². The van der Waals surface area contributed by atoms with E-state index >= 15 is 0 Å². The van der Waals surface area contributed by atoms with Gasteiger partial charge in [0.15, 0.2) is 0 Å². The van der Waals surface area contributed by atoms with Crippen molar-refractivity contribution in [1.82, 2.24) is 0 Å². The van der Waals surface area contributed by atoms with Crippen molar-refractivity contribution in [2.45, 2.75) is 0 Å². The first-order valence-electron chi connectivity index (χ1n) is 4.99. The van der Waals surface area contributed by atoms with E-state index in [1.807, 2.05) is 18.2 Å². The summed E-state index contributed by atoms with van der Waals surface area (Å²) in [6, 6.07) is 14.0. The van der Waals surface area contributed by atoms with Gasteiger partial charge in [0.25, 0.3) is 0 Å². The van der Waals surface area contributed by atoms with Crippen LogP contribution in [0, 0.1) is 0 Å². The quantitative estimate of drug-likeness (QED) is 0.898. The van der Waals surface area contributed by atoms with E-state index < -0.39 is 5.97 Å². The Morgan fingerprint density at radius 3 is 2.24 bits per heavy atom. The smallest absolute Gasteiger partial charge is 0.336 e. The Balaban J connectivity index is 2.68. The molecule has 84 valence electrons. The molecule has 2 aromatic rings. The topological polar surface area (TPSA) is 49.7 Å². The monoisotopic (exact) mass is 243 g/mol. The molecule has 0 fully saturated rings. The first kappa shape index (κ1) is 11.4. The van der Waals surface area contributed by atoms with Crippen molar-refractivity contribution in [2.75, 3.05) is 0 Å². The number of carboxylic acids is 1. The Morgan fingerprint density at radius 2 is 1.59 bits per heavy atom. The molecule has 2 aromatic carbocycles. The molecule has 0 amide bonds. The standard InChI is InChI=1S/C13H9NO2S/c15-13(16)11-7-2-1-5-9(11)10-6-3-4-8-12(10)14-17/h1-8H,(H,15,16). The number of carboxylic acid groups (broad SMARTS) is 1. The van der Waals surface area contributed by atoms with Gasteiger partial charge in [0.2, 0.25) is 0 Å². The number of carbonyl (C=O) groups is 1. The number of nitrogens with zero attached hydrogens (tertiary/aromatic N) is 1. The van der Waals surface area contributed by atoms with Gasteiger partial charge in [0.1, 0.15) is 0 Å². The van der Waals surface area contributed by atoms with Crippen molar-refractivity contribution in [3.05, 3.63) is 54.1 Å². The lowest BCUT2D eigenvalue weighted by molar-refractivity contribution is 0.0698. The van der Waals surface area contributed by atoms with Crippen LogP contribution < -0.4 is 0 Å². The van der Waals surface area contributed by atoms with E-state index in [-0.39, 0.29) is 5.56 Å². The maximum Gasteiger partial charge on any atom is 0.336 e. The predicted molar refractivity (Wildman–Crippen MR) is 68.3 cm³/mol. The zero-order valence-corrected chi connectivity index (χ0v) is 9.65. The molecule has 0 atom stereocenters. The minimum atomic E-state index is -0.959. The van der Waals surface area contributed by atoms with E-state index in [0.717, 1.165) is 5.56 Å². The van der Waals surface area contributed by atoms with Crippen molar-refractivity contribution in [3.63, 3.8) is 0 Å². The van der Waals surface area contributed by atoms with Gasteiger partial charge in [0, 0.05) is 18.0 Å². The molecular weight excluding hydrogens is 234 g/mol. The van der Waals surface area contributed by atoms with Crippen molar-refractivity contribution < 1.29 is 9.90 Å². The molecule has 4 heteroatoms. The molecule has 0 aliphatic heterocycles. The summed E-state index contributed by atoms with van der Waals surface area (Å²) in [5.41, 5.74) is 2.22. The Morgan fingerprint density at radius 1 is 1.00 bits per heavy atom. The SMILES string of the molecule is O=C(O)c1ccccc1-c1ccccc1N=S. The molecule has 0 aromatic heterocycles. The fraction of sp³-hybridized carbons (Fsp3) is 0. The summed E-state index contributed by atoms with van der Waals surface area (Å²) in [5, 5.41) is 9.13. The minimum Gasteiger partial charge on any atom is -0.478 e. The lowest BCUT2D eigenvalue weighted by atomic mass is 9.98. The van der Waals surface area contributed by atoms with Gasteiger partial charge in [-0.15, -0.1) is 0 Å². The van der Waals surface area contributed by atoms with Gasteiger partial charge in [-0.25, -0.2) is 4.79 Å². The van der Waals surface area contributed by atoms with Crippen LogP contribution in [0.3, 0.4) is 0 Å². The average molecular weight is 243 g/mol. The Labute approximate surface area is 104 Å². The predicted octanol–water partition coefficient (Wildman–Crippen LogP) is 3.41. The van der Waals surface area contributed by atoms with Gasteiger partial charge >= 0.3 is 5.97 Å². The molecule has 0 heterocycles. The van der Waals surface area contributed by atoms with Crippen LogP contribution in [0.1, 0.15) is 10.4 Å². The van der Waals surface area contributed by atoms with Crippen molar-refractivity contribution in [1.29, 1.82) is 0 Å². The number of benzene rings is 2. The molecule has 0 radical (unpaired) electrons. The van der Waals surface area contributed by atoms with E-state index in [9.17, 15) is 4.79 Å². The highest BCUT2D eigenvalue weighted by Gasteiger charge is 2.12. The normalized spacial score (nSPS) is 9.88. The highest BCUT2D eigenvalue weighted by atomic mass is 32.1. The first-order chi connectivity index (χ1) is 8.24. The summed E-state index contributed by atoms with van der Waals surface area (Å²) in [7, 11) is 0. The van der Waals surface area contributed by atoms with E-state index in [1.54, 1.807) is 30.3 Å². The van der Waals surface area contributed by atoms with Crippen LogP contribution in [0.5, 0.6) is 0 Å². The number of hydrogen-bond acceptors (Lipinski definition) is 3. The lowest BCUT2D eigenvalue weighted by Crippen LogP contribution is -1.98. The van der Waals surface area contributed by atoms with Crippen LogP contribution in [0.15, 0.2) is 52.9 Å². The second kappa shape index (κ2) is 4.84. The molecule has 2 rings (SSSR count). The Kier molecular flexibility index (Phi) is 3.25. The number of rotatable bonds is 3. The molecule has 0 aliphatic rings. The second-order valence-corrected chi connectivity index (χ2v) is 3.64. The Hall–Kier alpha value is -2.07. The third kappa shape index (κ3) is 2.21. The van der Waals surface area contributed by atoms with Gasteiger partial charge in [-0.1, -0.05) is 36.4 Å². The summed E-state index contributed by atoms with van der Waals surface area (Å²) in [4.78, 5) is 11.1. The zero-order chi connectivity index (χ0) is 12.3. The number of hydrogen-bond donors (Lipinski definition) is 1. The third-order valence-electron chi connectivity index (χ3n) is 2.45. The van der Waals surface area contributed by atoms with Gasteiger partial charge in [-0.3, -0.25) is 0 Å². The van der Waals surface area contributed by atoms with Crippen LogP contribution in [0.2, 0.25) is 0 Å². The van der Waals surface area contributed by atoms with Gasteiger partial charge in [-0.05, 0) is 17.7 Å². The minimum absolute atomic E-state index is 0.249. The highest BCUT2D eigenvalue weighted by molar-refractivity contribution is 7.47. The fourth-order valence-corrected chi connectivity index (χ4v) is 1.84. The van der Waals surface area contributed by atoms with E-state index in [0.29, 0.717) is 11.3 Å². The van der Waals surface area contributed by atoms with Crippen LogP contribution in [0.4, 0.5) is 5.69 Å². The molecule has 0 aliphatic carbocycles. The largest absolute Gasteiger partial charge is 0.478 e. The van der Waals surface area contributed by atoms with Crippen LogP contribution in [-0.2, 0) is 12.4 Å². The molecule has 0 saturated heterocycles. The van der Waals surface area contributed by atoms with Gasteiger partial charge in [0.05, 0.1) is 11.3 Å². The molecule has 3 nitrogen and oxygen atoms in total. The molecule has 1 N–H and O–H groups in total. The second-order valence-electron chi connectivity index (χ2n) is 3.46. The summed E-state index contributed by atoms with van der Waals surface area (Å²) < 4.78 is 3.74. The maximum absolute atomic E-state index is 11.1. The summed E-state index contributed by atoms with van der Waals surface area (Å²) >= 11 is 4.69. The van der Waals surface area contributed by atoms with Gasteiger partial charge in [-0.2, -0.15) is 4.36 Å². The third-order valence-corrected chi connectivity index (χ3v) is 2.65. The van der Waals surface area contributed by atoms with Crippen molar-refractivity contribution in [2.24, 2.45) is 4.36 Å². The van der Waals surface area contributed by atoms with Crippen LogP contribution in [0.25, 0.3) is 11.1 Å². The van der Waals surface area contributed by atoms with Crippen molar-refractivity contribution in [3.8, 4) is 11.1 Å². The zero-order valence-electron chi connectivity index (χ0n) is 8.83.